The molecule has 1 aliphatic rings. The van der Waals surface area contributed by atoms with Crippen LogP contribution >= 0.6 is 11.5 Å². The van der Waals surface area contributed by atoms with Crippen LogP contribution in [0.2, 0.25) is 0 Å². The van der Waals surface area contributed by atoms with Gasteiger partial charge in [-0.2, -0.15) is 4.37 Å². The van der Waals surface area contributed by atoms with Gasteiger partial charge in [0.2, 0.25) is 5.13 Å². The molecular weight excluding hydrogens is 266 g/mol. The van der Waals surface area contributed by atoms with Crippen LogP contribution in [0.5, 0.6) is 0 Å². The van der Waals surface area contributed by atoms with Crippen molar-refractivity contribution in [2.75, 3.05) is 5.32 Å². The van der Waals surface area contributed by atoms with Crippen LogP contribution in [0, 0.1) is 0 Å². The molecule has 1 aromatic heterocycles. The molecule has 1 aliphatic carbocycles. The molecule has 0 spiro atoms. The predicted octanol–water partition coefficient (Wildman–Crippen LogP) is 4.24. The van der Waals surface area contributed by atoms with Gasteiger partial charge in [-0.3, -0.25) is 0 Å². The highest BCUT2D eigenvalue weighted by molar-refractivity contribution is 7.09. The van der Waals surface area contributed by atoms with Crippen molar-refractivity contribution in [3.05, 3.63) is 41.7 Å². The molecular formula is C16H21N3S. The number of rotatable bonds is 6. The Balaban J connectivity index is 1.56. The summed E-state index contributed by atoms with van der Waals surface area (Å²) in [5.74, 6) is 1.67. The monoisotopic (exact) mass is 287 g/mol. The average molecular weight is 287 g/mol. The molecule has 0 aliphatic heterocycles. The molecule has 0 unspecified atom stereocenters. The summed E-state index contributed by atoms with van der Waals surface area (Å²) in [6.07, 6.45) is 4.67. The van der Waals surface area contributed by atoms with E-state index in [9.17, 15) is 0 Å². The maximum Gasteiger partial charge on any atom is 0.202 e. The van der Waals surface area contributed by atoms with E-state index in [4.69, 9.17) is 0 Å². The Hall–Kier alpha value is -1.42. The van der Waals surface area contributed by atoms with Gasteiger partial charge in [0.15, 0.2) is 0 Å². The van der Waals surface area contributed by atoms with Crippen LogP contribution in [-0.4, -0.2) is 14.9 Å². The number of nitrogens with one attached hydrogen (secondary N) is 1. The molecule has 1 fully saturated rings. The summed E-state index contributed by atoms with van der Waals surface area (Å²) in [5.41, 5.74) is 1.43. The number of anilines is 1. The van der Waals surface area contributed by atoms with Gasteiger partial charge in [0, 0.05) is 23.0 Å². The van der Waals surface area contributed by atoms with Crippen LogP contribution < -0.4 is 5.32 Å². The normalized spacial score (nSPS) is 15.3. The van der Waals surface area contributed by atoms with Crippen molar-refractivity contribution in [2.45, 2.75) is 51.0 Å². The standard InChI is InChI=1S/C16H21N3S/c1-16(2,11-10-12-6-4-3-5-7-12)18-15-17-14(19-20-15)13-8-9-13/h3-7,13H,8-11H2,1-2H3,(H,17,18,19). The SMILES string of the molecule is CC(C)(CCc1ccccc1)Nc1nc(C2CC2)ns1. The summed E-state index contributed by atoms with van der Waals surface area (Å²) < 4.78 is 4.45. The van der Waals surface area contributed by atoms with Crippen LogP contribution in [0.3, 0.4) is 0 Å². The van der Waals surface area contributed by atoms with E-state index < -0.39 is 0 Å². The van der Waals surface area contributed by atoms with Crippen LogP contribution in [0.4, 0.5) is 5.13 Å². The number of aromatic nitrogens is 2. The van der Waals surface area contributed by atoms with Gasteiger partial charge in [0.1, 0.15) is 5.82 Å². The highest BCUT2D eigenvalue weighted by Crippen LogP contribution is 2.39. The Morgan fingerprint density at radius 3 is 2.70 bits per heavy atom. The van der Waals surface area contributed by atoms with Crippen LogP contribution in [-0.2, 0) is 6.42 Å². The summed E-state index contributed by atoms with van der Waals surface area (Å²) in [4.78, 5) is 4.61. The summed E-state index contributed by atoms with van der Waals surface area (Å²) in [6, 6.07) is 10.6. The third-order valence-corrected chi connectivity index (χ3v) is 4.36. The first kappa shape index (κ1) is 13.6. The van der Waals surface area contributed by atoms with Crippen molar-refractivity contribution in [1.29, 1.82) is 0 Å². The molecule has 1 heterocycles. The van der Waals surface area contributed by atoms with E-state index in [1.807, 2.05) is 0 Å². The average Bonchev–Trinajstić information content (AvgIpc) is 3.19. The second-order valence-corrected chi connectivity index (χ2v) is 6.98. The first-order valence-corrected chi connectivity index (χ1v) is 8.05. The largest absolute Gasteiger partial charge is 0.355 e. The number of nitrogens with zero attached hydrogens (tertiary/aromatic N) is 2. The molecule has 4 heteroatoms. The second kappa shape index (κ2) is 5.52. The van der Waals surface area contributed by atoms with Crippen molar-refractivity contribution >= 4 is 16.7 Å². The van der Waals surface area contributed by atoms with Gasteiger partial charge in [0.05, 0.1) is 0 Å². The molecule has 1 aromatic carbocycles. The van der Waals surface area contributed by atoms with E-state index in [2.05, 4.69) is 58.9 Å². The Morgan fingerprint density at radius 1 is 1.25 bits per heavy atom. The van der Waals surface area contributed by atoms with Crippen molar-refractivity contribution in [3.63, 3.8) is 0 Å². The fourth-order valence-corrected chi connectivity index (χ4v) is 3.07. The zero-order chi connectivity index (χ0) is 14.0. The molecule has 3 rings (SSSR count). The number of aryl methyl sites for hydroxylation is 1. The minimum atomic E-state index is 0.0379. The first-order valence-electron chi connectivity index (χ1n) is 7.28. The Morgan fingerprint density at radius 2 is 2.00 bits per heavy atom. The predicted molar refractivity (Wildman–Crippen MR) is 84.3 cm³/mol. The number of hydrogen-bond acceptors (Lipinski definition) is 4. The van der Waals surface area contributed by atoms with Crippen molar-refractivity contribution in [2.24, 2.45) is 0 Å². The third-order valence-electron chi connectivity index (χ3n) is 3.71. The maximum absolute atomic E-state index is 4.61. The van der Waals surface area contributed by atoms with Crippen LogP contribution in [0.25, 0.3) is 0 Å². The van der Waals surface area contributed by atoms with Gasteiger partial charge in [0.25, 0.3) is 0 Å². The quantitative estimate of drug-likeness (QED) is 0.863. The molecule has 3 nitrogen and oxygen atoms in total. The molecule has 1 N–H and O–H groups in total. The third kappa shape index (κ3) is 3.57. The summed E-state index contributed by atoms with van der Waals surface area (Å²) in [5, 5.41) is 4.50. The molecule has 20 heavy (non-hydrogen) atoms. The van der Waals surface area contributed by atoms with Crippen molar-refractivity contribution < 1.29 is 0 Å². The smallest absolute Gasteiger partial charge is 0.202 e. The van der Waals surface area contributed by atoms with Crippen molar-refractivity contribution in [3.8, 4) is 0 Å². The first-order chi connectivity index (χ1) is 9.62. The fraction of sp³-hybridized carbons (Fsp3) is 0.500. The van der Waals surface area contributed by atoms with Gasteiger partial charge < -0.3 is 5.32 Å². The molecule has 106 valence electrons. The zero-order valence-corrected chi connectivity index (χ0v) is 12.9. The Labute approximate surface area is 124 Å². The summed E-state index contributed by atoms with van der Waals surface area (Å²) >= 11 is 1.49. The van der Waals surface area contributed by atoms with E-state index in [-0.39, 0.29) is 5.54 Å². The highest BCUT2D eigenvalue weighted by Gasteiger charge is 2.28. The van der Waals surface area contributed by atoms with Crippen LogP contribution in [0.15, 0.2) is 30.3 Å². The lowest BCUT2D eigenvalue weighted by Gasteiger charge is -2.25. The zero-order valence-electron chi connectivity index (χ0n) is 12.1. The topological polar surface area (TPSA) is 37.8 Å². The van der Waals surface area contributed by atoms with Gasteiger partial charge in [-0.1, -0.05) is 30.3 Å². The molecule has 0 bridgehead atoms. The molecule has 0 amide bonds. The van der Waals surface area contributed by atoms with Gasteiger partial charge in [-0.25, -0.2) is 4.98 Å². The van der Waals surface area contributed by atoms with Crippen LogP contribution in [0.1, 0.15) is 50.4 Å². The van der Waals surface area contributed by atoms with E-state index in [1.165, 1.54) is 29.9 Å². The lowest BCUT2D eigenvalue weighted by Crippen LogP contribution is -2.31. The Kier molecular flexibility index (Phi) is 3.74. The molecule has 0 radical (unpaired) electrons. The minimum Gasteiger partial charge on any atom is -0.355 e. The highest BCUT2D eigenvalue weighted by atomic mass is 32.1. The van der Waals surface area contributed by atoms with E-state index >= 15 is 0 Å². The molecule has 0 atom stereocenters. The lowest BCUT2D eigenvalue weighted by molar-refractivity contribution is 0.518. The lowest BCUT2D eigenvalue weighted by atomic mass is 9.95. The van der Waals surface area contributed by atoms with E-state index in [0.717, 1.165) is 23.8 Å². The van der Waals surface area contributed by atoms with Gasteiger partial charge in [-0.05, 0) is 45.1 Å². The van der Waals surface area contributed by atoms with Gasteiger partial charge in [-0.15, -0.1) is 0 Å². The Bertz CT molecular complexity index is 558. The second-order valence-electron chi connectivity index (χ2n) is 6.23. The summed E-state index contributed by atoms with van der Waals surface area (Å²) in [7, 11) is 0. The number of benzene rings is 1. The molecule has 0 saturated heterocycles. The fourth-order valence-electron chi connectivity index (χ4n) is 2.25. The van der Waals surface area contributed by atoms with Gasteiger partial charge >= 0.3 is 0 Å². The van der Waals surface area contributed by atoms with Crippen molar-refractivity contribution in [1.82, 2.24) is 9.36 Å². The number of hydrogen-bond donors (Lipinski definition) is 1. The minimum absolute atomic E-state index is 0.0379. The maximum atomic E-state index is 4.61. The molecule has 2 aromatic rings. The summed E-state index contributed by atoms with van der Waals surface area (Å²) in [6.45, 7) is 4.46. The van der Waals surface area contributed by atoms with E-state index in [0.29, 0.717) is 5.92 Å². The molecule has 1 saturated carbocycles. The van der Waals surface area contributed by atoms with E-state index in [1.54, 1.807) is 0 Å².